The molecular weight excluding hydrogens is 248 g/mol. The third-order valence-electron chi connectivity index (χ3n) is 2.57. The summed E-state index contributed by atoms with van der Waals surface area (Å²) in [5.41, 5.74) is 6.81. The number of benzene rings is 1. The SMILES string of the molecule is CCCN(CC(N)=S)C(=O)c1ccc(O)cc1C. The van der Waals surface area contributed by atoms with Crippen molar-refractivity contribution in [1.82, 2.24) is 4.90 Å². The van der Waals surface area contributed by atoms with Crippen LogP contribution in [0.4, 0.5) is 0 Å². The predicted octanol–water partition coefficient (Wildman–Crippen LogP) is 1.84. The number of thiocarbonyl (C=S) groups is 1. The Labute approximate surface area is 112 Å². The second-order valence-corrected chi connectivity index (χ2v) is 4.72. The zero-order chi connectivity index (χ0) is 13.7. The Morgan fingerprint density at radius 2 is 2.17 bits per heavy atom. The van der Waals surface area contributed by atoms with Gasteiger partial charge in [0.1, 0.15) is 5.75 Å². The lowest BCUT2D eigenvalue weighted by atomic mass is 10.1. The first-order chi connectivity index (χ1) is 8.45. The fourth-order valence-electron chi connectivity index (χ4n) is 1.77. The topological polar surface area (TPSA) is 66.6 Å². The number of hydrogen-bond donors (Lipinski definition) is 2. The molecule has 1 aromatic carbocycles. The van der Waals surface area contributed by atoms with Crippen molar-refractivity contribution < 1.29 is 9.90 Å². The van der Waals surface area contributed by atoms with E-state index in [4.69, 9.17) is 18.0 Å². The zero-order valence-corrected chi connectivity index (χ0v) is 11.5. The maximum atomic E-state index is 12.3. The van der Waals surface area contributed by atoms with E-state index in [1.54, 1.807) is 24.0 Å². The standard InChI is InChI=1S/C13H18N2O2S/c1-3-6-15(8-12(14)18)13(17)11-5-4-10(16)7-9(11)2/h4-5,7,16H,3,6,8H2,1-2H3,(H2,14,18). The van der Waals surface area contributed by atoms with Crippen LogP contribution in [0.25, 0.3) is 0 Å². The molecule has 18 heavy (non-hydrogen) atoms. The maximum Gasteiger partial charge on any atom is 0.254 e. The minimum atomic E-state index is -0.109. The number of phenolic OH excluding ortho intramolecular Hbond substituents is 1. The molecule has 0 heterocycles. The molecule has 0 aliphatic heterocycles. The molecular formula is C13H18N2O2S. The Kier molecular flexibility index (Phi) is 5.09. The Morgan fingerprint density at radius 1 is 1.50 bits per heavy atom. The number of carbonyl (C=O) groups excluding carboxylic acids is 1. The van der Waals surface area contributed by atoms with Crippen LogP contribution < -0.4 is 5.73 Å². The highest BCUT2D eigenvalue weighted by molar-refractivity contribution is 7.80. The number of hydrogen-bond acceptors (Lipinski definition) is 3. The van der Waals surface area contributed by atoms with Crippen LogP contribution in [0.5, 0.6) is 5.75 Å². The summed E-state index contributed by atoms with van der Waals surface area (Å²) in [6.45, 7) is 4.67. The zero-order valence-electron chi connectivity index (χ0n) is 10.6. The van der Waals surface area contributed by atoms with Gasteiger partial charge in [-0.25, -0.2) is 0 Å². The van der Waals surface area contributed by atoms with E-state index in [1.165, 1.54) is 6.07 Å². The van der Waals surface area contributed by atoms with Crippen molar-refractivity contribution in [3.8, 4) is 5.75 Å². The molecule has 4 nitrogen and oxygen atoms in total. The molecule has 0 fully saturated rings. The Hall–Kier alpha value is -1.62. The van der Waals surface area contributed by atoms with Crippen LogP contribution in [0, 0.1) is 6.92 Å². The third-order valence-corrected chi connectivity index (χ3v) is 2.70. The van der Waals surface area contributed by atoms with Crippen molar-refractivity contribution in [2.75, 3.05) is 13.1 Å². The minimum absolute atomic E-state index is 0.109. The molecule has 0 unspecified atom stereocenters. The monoisotopic (exact) mass is 266 g/mol. The first-order valence-corrected chi connectivity index (χ1v) is 6.23. The van der Waals surface area contributed by atoms with E-state index in [9.17, 15) is 9.90 Å². The number of rotatable bonds is 5. The summed E-state index contributed by atoms with van der Waals surface area (Å²) in [5, 5.41) is 9.34. The van der Waals surface area contributed by atoms with Gasteiger partial charge in [0.15, 0.2) is 0 Å². The summed E-state index contributed by atoms with van der Waals surface area (Å²) in [6, 6.07) is 4.69. The molecule has 0 atom stereocenters. The van der Waals surface area contributed by atoms with Gasteiger partial charge in [0.05, 0.1) is 11.5 Å². The van der Waals surface area contributed by atoms with Crippen LogP contribution in [0.2, 0.25) is 0 Å². The first-order valence-electron chi connectivity index (χ1n) is 5.83. The number of phenols is 1. The quantitative estimate of drug-likeness (QED) is 0.798. The molecule has 0 saturated carbocycles. The van der Waals surface area contributed by atoms with E-state index in [0.29, 0.717) is 17.1 Å². The smallest absolute Gasteiger partial charge is 0.254 e. The lowest BCUT2D eigenvalue weighted by molar-refractivity contribution is 0.0779. The molecule has 0 aliphatic rings. The highest BCUT2D eigenvalue weighted by Crippen LogP contribution is 2.17. The lowest BCUT2D eigenvalue weighted by Crippen LogP contribution is -2.38. The van der Waals surface area contributed by atoms with Gasteiger partial charge in [-0.2, -0.15) is 0 Å². The second kappa shape index (κ2) is 6.35. The molecule has 0 aliphatic carbocycles. The van der Waals surface area contributed by atoms with Crippen molar-refractivity contribution in [3.05, 3.63) is 29.3 Å². The van der Waals surface area contributed by atoms with Gasteiger partial charge < -0.3 is 15.7 Å². The average Bonchev–Trinajstić information content (AvgIpc) is 2.27. The van der Waals surface area contributed by atoms with Crippen molar-refractivity contribution in [2.24, 2.45) is 5.73 Å². The maximum absolute atomic E-state index is 12.3. The summed E-state index contributed by atoms with van der Waals surface area (Å²) in [7, 11) is 0. The average molecular weight is 266 g/mol. The number of nitrogens with two attached hydrogens (primary N) is 1. The Bertz CT molecular complexity index is 460. The molecule has 0 saturated heterocycles. The van der Waals surface area contributed by atoms with Gasteiger partial charge >= 0.3 is 0 Å². The molecule has 0 aromatic heterocycles. The third kappa shape index (κ3) is 3.70. The lowest BCUT2D eigenvalue weighted by Gasteiger charge is -2.22. The normalized spacial score (nSPS) is 10.1. The minimum Gasteiger partial charge on any atom is -0.508 e. The molecule has 0 radical (unpaired) electrons. The highest BCUT2D eigenvalue weighted by atomic mass is 32.1. The number of nitrogens with zero attached hydrogens (tertiary/aromatic N) is 1. The first kappa shape index (κ1) is 14.4. The van der Waals surface area contributed by atoms with Crippen LogP contribution in [0.1, 0.15) is 29.3 Å². The summed E-state index contributed by atoms with van der Waals surface area (Å²) >= 11 is 4.85. The predicted molar refractivity (Wildman–Crippen MR) is 75.8 cm³/mol. The van der Waals surface area contributed by atoms with Crippen LogP contribution in [-0.4, -0.2) is 34.0 Å². The second-order valence-electron chi connectivity index (χ2n) is 4.19. The number of aryl methyl sites for hydroxylation is 1. The molecule has 3 N–H and O–H groups in total. The van der Waals surface area contributed by atoms with Crippen LogP contribution >= 0.6 is 12.2 Å². The van der Waals surface area contributed by atoms with Crippen molar-refractivity contribution >= 4 is 23.1 Å². The van der Waals surface area contributed by atoms with Crippen molar-refractivity contribution in [3.63, 3.8) is 0 Å². The fraction of sp³-hybridized carbons (Fsp3) is 0.385. The van der Waals surface area contributed by atoms with E-state index in [0.717, 1.165) is 12.0 Å². The Balaban J connectivity index is 2.97. The molecule has 0 bridgehead atoms. The van der Waals surface area contributed by atoms with Crippen LogP contribution in [0.3, 0.4) is 0 Å². The number of amides is 1. The van der Waals surface area contributed by atoms with Crippen molar-refractivity contribution in [1.29, 1.82) is 0 Å². The molecule has 1 rings (SSSR count). The molecule has 98 valence electrons. The van der Waals surface area contributed by atoms with E-state index in [-0.39, 0.29) is 18.2 Å². The van der Waals surface area contributed by atoms with Gasteiger partial charge in [-0.15, -0.1) is 0 Å². The van der Waals surface area contributed by atoms with E-state index < -0.39 is 0 Å². The van der Waals surface area contributed by atoms with Gasteiger partial charge in [0, 0.05) is 12.1 Å². The number of aromatic hydroxyl groups is 1. The molecule has 0 spiro atoms. The molecule has 1 aromatic rings. The summed E-state index contributed by atoms with van der Waals surface area (Å²) in [5.74, 6) is 0.0441. The van der Waals surface area contributed by atoms with Gasteiger partial charge in [-0.3, -0.25) is 4.79 Å². The van der Waals surface area contributed by atoms with Crippen LogP contribution in [-0.2, 0) is 0 Å². The van der Waals surface area contributed by atoms with Gasteiger partial charge in [0.2, 0.25) is 0 Å². The largest absolute Gasteiger partial charge is 0.508 e. The van der Waals surface area contributed by atoms with Gasteiger partial charge in [-0.05, 0) is 37.1 Å². The molecule has 1 amide bonds. The van der Waals surface area contributed by atoms with E-state index >= 15 is 0 Å². The summed E-state index contributed by atoms with van der Waals surface area (Å²) in [4.78, 5) is 14.3. The van der Waals surface area contributed by atoms with E-state index in [1.807, 2.05) is 6.92 Å². The number of carbonyl (C=O) groups is 1. The fourth-order valence-corrected chi connectivity index (χ4v) is 1.92. The van der Waals surface area contributed by atoms with E-state index in [2.05, 4.69) is 0 Å². The van der Waals surface area contributed by atoms with Crippen LogP contribution in [0.15, 0.2) is 18.2 Å². The molecule has 5 heteroatoms. The Morgan fingerprint density at radius 3 is 2.67 bits per heavy atom. The van der Waals surface area contributed by atoms with Gasteiger partial charge in [-0.1, -0.05) is 19.1 Å². The van der Waals surface area contributed by atoms with Crippen molar-refractivity contribution in [2.45, 2.75) is 20.3 Å². The highest BCUT2D eigenvalue weighted by Gasteiger charge is 2.17. The van der Waals surface area contributed by atoms with Gasteiger partial charge in [0.25, 0.3) is 5.91 Å². The summed E-state index contributed by atoms with van der Waals surface area (Å²) < 4.78 is 0. The summed E-state index contributed by atoms with van der Waals surface area (Å²) in [6.07, 6.45) is 0.839.